The Labute approximate surface area is 115 Å². The average molecular weight is 313 g/mol. The Morgan fingerprint density at radius 1 is 1.33 bits per heavy atom. The minimum Gasteiger partial charge on any atom is -0.370 e. The fraction of sp³-hybridized carbons (Fsp3) is 0.500. The number of primary amides is 1. The van der Waals surface area contributed by atoms with Crippen molar-refractivity contribution in [3.63, 3.8) is 0 Å². The molecule has 1 aromatic rings. The maximum atomic E-state index is 10.7. The van der Waals surface area contributed by atoms with Crippen LogP contribution in [0.2, 0.25) is 0 Å². The number of amides is 1. The third kappa shape index (κ3) is 3.68. The van der Waals surface area contributed by atoms with Crippen molar-refractivity contribution in [3.8, 4) is 0 Å². The maximum absolute atomic E-state index is 10.7. The van der Waals surface area contributed by atoms with Crippen LogP contribution in [0.25, 0.3) is 0 Å². The van der Waals surface area contributed by atoms with Crippen LogP contribution in [0.15, 0.2) is 22.8 Å². The highest BCUT2D eigenvalue weighted by Crippen LogP contribution is 2.16. The molecule has 1 aliphatic rings. The standard InChI is InChI=1S/C12H17BrN4O/c13-10-1-2-12(15-9-10)17-7-5-16(6-8-17)4-3-11(14)18/h1-2,9H,3-8H2,(H2,14,18). The molecule has 1 saturated heterocycles. The Kier molecular flexibility index (Phi) is 4.54. The quantitative estimate of drug-likeness (QED) is 0.895. The molecule has 0 radical (unpaired) electrons. The van der Waals surface area contributed by atoms with E-state index >= 15 is 0 Å². The van der Waals surface area contributed by atoms with Crippen molar-refractivity contribution in [2.75, 3.05) is 37.6 Å². The van der Waals surface area contributed by atoms with Crippen molar-refractivity contribution in [3.05, 3.63) is 22.8 Å². The van der Waals surface area contributed by atoms with Gasteiger partial charge in [-0.15, -0.1) is 0 Å². The summed E-state index contributed by atoms with van der Waals surface area (Å²) >= 11 is 3.38. The molecule has 0 saturated carbocycles. The average Bonchev–Trinajstić information content (AvgIpc) is 2.38. The number of nitrogens with two attached hydrogens (primary N) is 1. The molecule has 1 aromatic heterocycles. The smallest absolute Gasteiger partial charge is 0.218 e. The largest absolute Gasteiger partial charge is 0.370 e. The lowest BCUT2D eigenvalue weighted by molar-refractivity contribution is -0.118. The molecule has 18 heavy (non-hydrogen) atoms. The number of hydrogen-bond donors (Lipinski definition) is 1. The monoisotopic (exact) mass is 312 g/mol. The number of rotatable bonds is 4. The molecular formula is C12H17BrN4O. The number of halogens is 1. The first kappa shape index (κ1) is 13.3. The molecule has 0 spiro atoms. The summed E-state index contributed by atoms with van der Waals surface area (Å²) in [5.74, 6) is 0.778. The predicted octanol–water partition coefficient (Wildman–Crippen LogP) is 0.842. The molecule has 0 unspecified atom stereocenters. The second kappa shape index (κ2) is 6.15. The normalized spacial score (nSPS) is 16.8. The van der Waals surface area contributed by atoms with E-state index in [-0.39, 0.29) is 5.91 Å². The number of pyridine rings is 1. The molecule has 1 amide bonds. The van der Waals surface area contributed by atoms with E-state index in [1.54, 1.807) is 0 Å². The summed E-state index contributed by atoms with van der Waals surface area (Å²) in [6.45, 7) is 4.54. The second-order valence-corrected chi connectivity index (χ2v) is 5.30. The number of hydrogen-bond acceptors (Lipinski definition) is 4. The second-order valence-electron chi connectivity index (χ2n) is 4.38. The Balaban J connectivity index is 1.83. The van der Waals surface area contributed by atoms with Gasteiger partial charge in [0.25, 0.3) is 0 Å². The van der Waals surface area contributed by atoms with Gasteiger partial charge in [-0.05, 0) is 28.1 Å². The van der Waals surface area contributed by atoms with Crippen LogP contribution in [0.3, 0.4) is 0 Å². The minimum absolute atomic E-state index is 0.230. The summed E-state index contributed by atoms with van der Waals surface area (Å²) in [5.41, 5.74) is 5.15. The van der Waals surface area contributed by atoms with Crippen LogP contribution in [-0.4, -0.2) is 48.5 Å². The van der Waals surface area contributed by atoms with Crippen LogP contribution in [0.1, 0.15) is 6.42 Å². The molecule has 2 N–H and O–H groups in total. The fourth-order valence-corrected chi connectivity index (χ4v) is 2.26. The number of piperazine rings is 1. The van der Waals surface area contributed by atoms with Gasteiger partial charge < -0.3 is 10.6 Å². The third-order valence-electron chi connectivity index (χ3n) is 3.08. The molecule has 1 fully saturated rings. The van der Waals surface area contributed by atoms with Crippen molar-refractivity contribution in [2.45, 2.75) is 6.42 Å². The Morgan fingerprint density at radius 2 is 2.06 bits per heavy atom. The lowest BCUT2D eigenvalue weighted by Gasteiger charge is -2.35. The molecular weight excluding hydrogens is 296 g/mol. The molecule has 0 aromatic carbocycles. The van der Waals surface area contributed by atoms with Crippen LogP contribution >= 0.6 is 15.9 Å². The molecule has 0 atom stereocenters. The van der Waals surface area contributed by atoms with Gasteiger partial charge in [0, 0.05) is 49.8 Å². The van der Waals surface area contributed by atoms with Crippen LogP contribution < -0.4 is 10.6 Å². The van der Waals surface area contributed by atoms with Gasteiger partial charge in [0.1, 0.15) is 5.82 Å². The van der Waals surface area contributed by atoms with Crippen LogP contribution in [0.5, 0.6) is 0 Å². The zero-order valence-electron chi connectivity index (χ0n) is 10.2. The Morgan fingerprint density at radius 3 is 2.61 bits per heavy atom. The van der Waals surface area contributed by atoms with Crippen LogP contribution in [-0.2, 0) is 4.79 Å². The number of aromatic nitrogens is 1. The summed E-state index contributed by atoms with van der Waals surface area (Å²) < 4.78 is 0.992. The van der Waals surface area contributed by atoms with Gasteiger partial charge in [-0.3, -0.25) is 9.69 Å². The fourth-order valence-electron chi connectivity index (χ4n) is 2.02. The summed E-state index contributed by atoms with van der Waals surface area (Å²) in [6.07, 6.45) is 2.26. The van der Waals surface area contributed by atoms with E-state index in [9.17, 15) is 4.79 Å². The van der Waals surface area contributed by atoms with E-state index in [2.05, 4.69) is 30.7 Å². The van der Waals surface area contributed by atoms with E-state index in [4.69, 9.17) is 5.73 Å². The zero-order chi connectivity index (χ0) is 13.0. The van der Waals surface area contributed by atoms with Crippen molar-refractivity contribution in [2.24, 2.45) is 5.73 Å². The van der Waals surface area contributed by atoms with E-state index in [1.165, 1.54) is 0 Å². The third-order valence-corrected chi connectivity index (χ3v) is 3.55. The van der Waals surface area contributed by atoms with E-state index in [0.29, 0.717) is 6.42 Å². The first-order valence-corrected chi connectivity index (χ1v) is 6.81. The molecule has 0 aliphatic carbocycles. The van der Waals surface area contributed by atoms with E-state index in [1.807, 2.05) is 18.3 Å². The van der Waals surface area contributed by atoms with Crippen LogP contribution in [0.4, 0.5) is 5.82 Å². The number of carbonyl (C=O) groups is 1. The van der Waals surface area contributed by atoms with Gasteiger partial charge in [0.05, 0.1) is 0 Å². The molecule has 2 heterocycles. The molecule has 0 bridgehead atoms. The van der Waals surface area contributed by atoms with Gasteiger partial charge in [0.15, 0.2) is 0 Å². The molecule has 1 aliphatic heterocycles. The van der Waals surface area contributed by atoms with E-state index in [0.717, 1.165) is 43.0 Å². The van der Waals surface area contributed by atoms with E-state index < -0.39 is 0 Å². The van der Waals surface area contributed by atoms with Gasteiger partial charge in [0.2, 0.25) is 5.91 Å². The van der Waals surface area contributed by atoms with Crippen molar-refractivity contribution < 1.29 is 4.79 Å². The molecule has 5 nitrogen and oxygen atoms in total. The summed E-state index contributed by atoms with van der Waals surface area (Å²) in [6, 6.07) is 4.02. The molecule has 6 heteroatoms. The SMILES string of the molecule is NC(=O)CCN1CCN(c2ccc(Br)cn2)CC1. The first-order valence-electron chi connectivity index (χ1n) is 6.02. The topological polar surface area (TPSA) is 62.5 Å². The number of nitrogens with zero attached hydrogens (tertiary/aromatic N) is 3. The highest BCUT2D eigenvalue weighted by atomic mass is 79.9. The Bertz CT molecular complexity index is 401. The van der Waals surface area contributed by atoms with Crippen molar-refractivity contribution in [1.29, 1.82) is 0 Å². The van der Waals surface area contributed by atoms with Crippen molar-refractivity contribution in [1.82, 2.24) is 9.88 Å². The minimum atomic E-state index is -0.230. The first-order chi connectivity index (χ1) is 8.65. The highest BCUT2D eigenvalue weighted by molar-refractivity contribution is 9.10. The number of anilines is 1. The Hall–Kier alpha value is -1.14. The van der Waals surface area contributed by atoms with Crippen molar-refractivity contribution >= 4 is 27.7 Å². The maximum Gasteiger partial charge on any atom is 0.218 e. The number of carbonyl (C=O) groups excluding carboxylic acids is 1. The lowest BCUT2D eigenvalue weighted by Crippen LogP contribution is -2.47. The van der Waals surface area contributed by atoms with Gasteiger partial charge in [-0.25, -0.2) is 4.98 Å². The zero-order valence-corrected chi connectivity index (χ0v) is 11.8. The summed E-state index contributed by atoms with van der Waals surface area (Å²) in [4.78, 5) is 19.6. The molecule has 98 valence electrons. The van der Waals surface area contributed by atoms with Gasteiger partial charge in [-0.2, -0.15) is 0 Å². The van der Waals surface area contributed by atoms with Gasteiger partial charge in [-0.1, -0.05) is 0 Å². The molecule has 2 rings (SSSR count). The van der Waals surface area contributed by atoms with Crippen LogP contribution in [0, 0.1) is 0 Å². The lowest BCUT2D eigenvalue weighted by atomic mass is 10.2. The summed E-state index contributed by atoms with van der Waals surface area (Å²) in [5, 5.41) is 0. The van der Waals surface area contributed by atoms with Gasteiger partial charge >= 0.3 is 0 Å². The predicted molar refractivity (Wildman–Crippen MR) is 74.4 cm³/mol. The highest BCUT2D eigenvalue weighted by Gasteiger charge is 2.17. The summed E-state index contributed by atoms with van der Waals surface area (Å²) in [7, 11) is 0.